The van der Waals surface area contributed by atoms with E-state index >= 15 is 0 Å². The summed E-state index contributed by atoms with van der Waals surface area (Å²) in [6.07, 6.45) is 1.30. The zero-order valence-electron chi connectivity index (χ0n) is 13.7. The monoisotopic (exact) mass is 362 g/mol. The summed E-state index contributed by atoms with van der Waals surface area (Å²) in [5.41, 5.74) is 1.27. The summed E-state index contributed by atoms with van der Waals surface area (Å²) in [5.74, 6) is -0.0203. The molecule has 2 amide bonds. The minimum atomic E-state index is -3.68. The number of urea groups is 1. The van der Waals surface area contributed by atoms with Crippen molar-refractivity contribution in [2.45, 2.75) is 25.1 Å². The maximum Gasteiger partial charge on any atom is 0.586 e. The number of amides is 2. The number of carbonyl (C=O) groups excluding carboxylic acids is 1. The number of piperidine rings is 1. The second kappa shape index (κ2) is 6.40. The van der Waals surface area contributed by atoms with Crippen molar-refractivity contribution in [3.8, 4) is 11.5 Å². The van der Waals surface area contributed by atoms with Crippen molar-refractivity contribution in [1.29, 1.82) is 0 Å². The van der Waals surface area contributed by atoms with Crippen LogP contribution in [0, 0.1) is 0 Å². The van der Waals surface area contributed by atoms with Crippen LogP contribution in [-0.4, -0.2) is 40.3 Å². The van der Waals surface area contributed by atoms with Gasteiger partial charge in [-0.1, -0.05) is 0 Å². The van der Waals surface area contributed by atoms with Crippen LogP contribution in [0.25, 0.3) is 0 Å². The van der Waals surface area contributed by atoms with E-state index in [2.05, 4.69) is 24.8 Å². The van der Waals surface area contributed by atoms with Gasteiger partial charge in [-0.05, 0) is 31.0 Å². The molecule has 2 aliphatic heterocycles. The van der Waals surface area contributed by atoms with Crippen molar-refractivity contribution < 1.29 is 23.0 Å². The van der Waals surface area contributed by atoms with E-state index < -0.39 is 6.29 Å². The van der Waals surface area contributed by atoms with Crippen LogP contribution >= 0.6 is 0 Å². The summed E-state index contributed by atoms with van der Waals surface area (Å²) >= 11 is 0. The van der Waals surface area contributed by atoms with E-state index in [1.54, 1.807) is 11.1 Å². The number of hydrogen-bond acceptors (Lipinski definition) is 5. The molecule has 3 heterocycles. The van der Waals surface area contributed by atoms with Crippen LogP contribution in [0.1, 0.15) is 24.5 Å². The lowest BCUT2D eigenvalue weighted by molar-refractivity contribution is -0.286. The lowest BCUT2D eigenvalue weighted by atomic mass is 9.95. The Kier molecular flexibility index (Phi) is 4.06. The average Bonchev–Trinajstić information content (AvgIpc) is 2.95. The van der Waals surface area contributed by atoms with Crippen molar-refractivity contribution in [3.63, 3.8) is 0 Å². The van der Waals surface area contributed by atoms with Crippen molar-refractivity contribution in [1.82, 2.24) is 14.9 Å². The van der Waals surface area contributed by atoms with E-state index in [-0.39, 0.29) is 23.4 Å². The number of benzene rings is 1. The van der Waals surface area contributed by atoms with E-state index in [9.17, 15) is 13.6 Å². The van der Waals surface area contributed by atoms with Gasteiger partial charge >= 0.3 is 12.3 Å². The Morgan fingerprint density at radius 3 is 2.92 bits per heavy atom. The molecule has 1 fully saturated rings. The first-order valence-electron chi connectivity index (χ1n) is 8.22. The molecule has 26 heavy (non-hydrogen) atoms. The predicted octanol–water partition coefficient (Wildman–Crippen LogP) is 3.21. The number of nitrogens with zero attached hydrogens (tertiary/aromatic N) is 3. The largest absolute Gasteiger partial charge is 0.586 e. The third kappa shape index (κ3) is 3.37. The van der Waals surface area contributed by atoms with Crippen LogP contribution in [0.3, 0.4) is 0 Å². The maximum absolute atomic E-state index is 13.1. The number of fused-ring (bicyclic) bond motifs is 1. The number of anilines is 1. The molecular weight excluding hydrogens is 346 g/mol. The molecule has 2 aromatic rings. The number of aromatic nitrogens is 2. The van der Waals surface area contributed by atoms with Crippen LogP contribution in [-0.2, 0) is 0 Å². The number of ether oxygens (including phenoxy) is 2. The van der Waals surface area contributed by atoms with Gasteiger partial charge in [0.05, 0.1) is 0 Å². The predicted molar refractivity (Wildman–Crippen MR) is 87.2 cm³/mol. The topological polar surface area (TPSA) is 76.6 Å². The van der Waals surface area contributed by atoms with Crippen molar-refractivity contribution >= 4 is 11.7 Å². The molecule has 1 atom stereocenters. The molecule has 0 unspecified atom stereocenters. The van der Waals surface area contributed by atoms with Gasteiger partial charge in [-0.3, -0.25) is 0 Å². The Morgan fingerprint density at radius 1 is 1.27 bits per heavy atom. The number of hydrogen-bond donors (Lipinski definition) is 1. The Balaban J connectivity index is 1.42. The van der Waals surface area contributed by atoms with Crippen LogP contribution in [0.4, 0.5) is 19.3 Å². The maximum atomic E-state index is 13.1. The molecule has 0 aliphatic carbocycles. The van der Waals surface area contributed by atoms with E-state index in [4.69, 9.17) is 0 Å². The van der Waals surface area contributed by atoms with E-state index in [0.29, 0.717) is 18.8 Å². The molecule has 0 radical (unpaired) electrons. The summed E-state index contributed by atoms with van der Waals surface area (Å²) in [4.78, 5) is 22.4. The van der Waals surface area contributed by atoms with E-state index in [1.807, 2.05) is 6.07 Å². The fourth-order valence-corrected chi connectivity index (χ4v) is 3.17. The van der Waals surface area contributed by atoms with Crippen LogP contribution < -0.4 is 14.8 Å². The SMILES string of the molecule is O=C(Nc1ccc2c(c1)OC(F)(F)O2)N1CCC[C@@H](c2ccncn2)C1. The van der Waals surface area contributed by atoms with E-state index in [0.717, 1.165) is 18.5 Å². The van der Waals surface area contributed by atoms with Crippen molar-refractivity contribution in [3.05, 3.63) is 42.5 Å². The number of likely N-dealkylation sites (tertiary alicyclic amines) is 1. The highest BCUT2D eigenvalue weighted by atomic mass is 19.3. The molecule has 0 bridgehead atoms. The van der Waals surface area contributed by atoms with Crippen LogP contribution in [0.15, 0.2) is 36.8 Å². The molecule has 1 saturated heterocycles. The van der Waals surface area contributed by atoms with Gasteiger partial charge < -0.3 is 19.7 Å². The van der Waals surface area contributed by atoms with Gasteiger partial charge in [-0.2, -0.15) is 0 Å². The highest BCUT2D eigenvalue weighted by Crippen LogP contribution is 2.42. The standard InChI is InChI=1S/C17H16F2N4O3/c18-17(19)25-14-4-3-12(8-15(14)26-17)22-16(24)23-7-1-2-11(9-23)13-5-6-20-10-21-13/h3-6,8,10-11H,1-2,7,9H2,(H,22,24)/t11-/m1/s1. The molecule has 136 valence electrons. The number of nitrogens with one attached hydrogen (secondary N) is 1. The van der Waals surface area contributed by atoms with Crippen molar-refractivity contribution in [2.24, 2.45) is 0 Å². The van der Waals surface area contributed by atoms with Gasteiger partial charge in [0.2, 0.25) is 0 Å². The molecule has 1 aromatic carbocycles. The van der Waals surface area contributed by atoms with E-state index in [1.165, 1.54) is 24.5 Å². The van der Waals surface area contributed by atoms with Gasteiger partial charge in [0.25, 0.3) is 0 Å². The van der Waals surface area contributed by atoms with Gasteiger partial charge in [0.1, 0.15) is 6.33 Å². The average molecular weight is 362 g/mol. The minimum absolute atomic E-state index is 0.0604. The molecule has 7 nitrogen and oxygen atoms in total. The number of halogens is 2. The number of carbonyl (C=O) groups is 1. The fraction of sp³-hybridized carbons (Fsp3) is 0.353. The quantitative estimate of drug-likeness (QED) is 0.888. The van der Waals surface area contributed by atoms with Gasteiger partial charge in [0, 0.05) is 42.7 Å². The molecule has 2 aliphatic rings. The normalized spacial score (nSPS) is 20.7. The first-order valence-corrected chi connectivity index (χ1v) is 8.22. The zero-order valence-corrected chi connectivity index (χ0v) is 13.7. The Labute approximate surface area is 148 Å². The first kappa shape index (κ1) is 16.5. The smallest absolute Gasteiger partial charge is 0.395 e. The third-order valence-corrected chi connectivity index (χ3v) is 4.38. The molecule has 0 spiro atoms. The summed E-state index contributed by atoms with van der Waals surface area (Å²) < 4.78 is 34.9. The van der Waals surface area contributed by atoms with Gasteiger partial charge in [-0.15, -0.1) is 8.78 Å². The summed E-state index contributed by atoms with van der Waals surface area (Å²) in [6.45, 7) is 1.15. The van der Waals surface area contributed by atoms with Crippen LogP contribution in [0.5, 0.6) is 11.5 Å². The first-order chi connectivity index (χ1) is 12.5. The lowest BCUT2D eigenvalue weighted by Crippen LogP contribution is -2.41. The molecule has 1 aromatic heterocycles. The molecule has 4 rings (SSSR count). The van der Waals surface area contributed by atoms with Gasteiger partial charge in [0.15, 0.2) is 11.5 Å². The third-order valence-electron chi connectivity index (χ3n) is 4.38. The highest BCUT2D eigenvalue weighted by molar-refractivity contribution is 5.89. The zero-order chi connectivity index (χ0) is 18.1. The summed E-state index contributed by atoms with van der Waals surface area (Å²) in [5, 5.41) is 2.71. The fourth-order valence-electron chi connectivity index (χ4n) is 3.17. The summed E-state index contributed by atoms with van der Waals surface area (Å²) in [6, 6.07) is 5.71. The minimum Gasteiger partial charge on any atom is -0.395 e. The van der Waals surface area contributed by atoms with Gasteiger partial charge in [-0.25, -0.2) is 14.8 Å². The highest BCUT2D eigenvalue weighted by Gasteiger charge is 2.43. The van der Waals surface area contributed by atoms with Crippen LogP contribution in [0.2, 0.25) is 0 Å². The second-order valence-electron chi connectivity index (χ2n) is 6.18. The molecule has 1 N–H and O–H groups in total. The molecular formula is C17H16F2N4O3. The summed E-state index contributed by atoms with van der Waals surface area (Å²) in [7, 11) is 0. The lowest BCUT2D eigenvalue weighted by Gasteiger charge is -2.32. The molecule has 9 heteroatoms. The number of alkyl halides is 2. The Morgan fingerprint density at radius 2 is 2.12 bits per heavy atom. The molecule has 0 saturated carbocycles. The van der Waals surface area contributed by atoms with Crippen molar-refractivity contribution in [2.75, 3.05) is 18.4 Å². The number of rotatable bonds is 2. The Bertz CT molecular complexity index is 819. The second-order valence-corrected chi connectivity index (χ2v) is 6.18. The Hall–Kier alpha value is -2.97.